The Morgan fingerprint density at radius 1 is 1.22 bits per heavy atom. The van der Waals surface area contributed by atoms with Crippen molar-refractivity contribution < 1.29 is 9.63 Å². The fourth-order valence-electron chi connectivity index (χ4n) is 1.96. The molecule has 0 atom stereocenters. The molecule has 0 radical (unpaired) electrons. The molecule has 0 spiro atoms. The van der Waals surface area contributed by atoms with E-state index in [9.17, 15) is 9.90 Å². The molecule has 0 saturated carbocycles. The van der Waals surface area contributed by atoms with Crippen LogP contribution in [0.5, 0.6) is 5.88 Å². The van der Waals surface area contributed by atoms with Gasteiger partial charge < -0.3 is 9.63 Å². The van der Waals surface area contributed by atoms with E-state index < -0.39 is 5.56 Å². The molecule has 0 saturated heterocycles. The van der Waals surface area contributed by atoms with Crippen LogP contribution in [-0.2, 0) is 6.54 Å². The fourth-order valence-corrected chi connectivity index (χ4v) is 2.39. The summed E-state index contributed by atoms with van der Waals surface area (Å²) < 4.78 is 6.21. The van der Waals surface area contributed by atoms with Crippen molar-refractivity contribution in [2.45, 2.75) is 6.54 Å². The number of rotatable bonds is 4. The van der Waals surface area contributed by atoms with Gasteiger partial charge in [0.25, 0.3) is 5.56 Å². The molecule has 116 valence electrons. The van der Waals surface area contributed by atoms with E-state index in [4.69, 9.17) is 0 Å². The molecule has 0 unspecified atom stereocenters. The summed E-state index contributed by atoms with van der Waals surface area (Å²) in [5.41, 5.74) is 0.498. The monoisotopic (exact) mass is 374 g/mol. The summed E-state index contributed by atoms with van der Waals surface area (Å²) in [5, 5.41) is 21.4. The normalized spacial score (nSPS) is 11.2. The Bertz CT molecular complexity index is 889. The molecule has 23 heavy (non-hydrogen) atoms. The van der Waals surface area contributed by atoms with Crippen LogP contribution in [0.4, 0.5) is 11.5 Å². The molecule has 1 N–H and O–H groups in total. The molecule has 0 amide bonds. The first kappa shape index (κ1) is 15.2. The number of hydrogen-bond donors (Lipinski definition) is 1. The van der Waals surface area contributed by atoms with Gasteiger partial charge in [0.15, 0.2) is 5.69 Å². The predicted molar refractivity (Wildman–Crippen MR) is 86.3 cm³/mol. The summed E-state index contributed by atoms with van der Waals surface area (Å²) >= 11 is 3.22. The molecule has 3 aromatic rings. The van der Waals surface area contributed by atoms with Gasteiger partial charge in [-0.1, -0.05) is 35.5 Å². The molecular formula is C15H11BrN4O3. The van der Waals surface area contributed by atoms with Crippen molar-refractivity contribution in [3.8, 4) is 5.88 Å². The number of aromatic hydroxyl groups is 1. The summed E-state index contributed by atoms with van der Waals surface area (Å²) in [6.45, 7) is 0.220. The molecule has 2 aromatic heterocycles. The number of pyridine rings is 1. The molecule has 8 heteroatoms. The van der Waals surface area contributed by atoms with Crippen molar-refractivity contribution >= 4 is 27.4 Å². The Morgan fingerprint density at radius 2 is 2.00 bits per heavy atom. The van der Waals surface area contributed by atoms with Crippen LogP contribution in [0.2, 0.25) is 0 Å². The molecule has 0 bridgehead atoms. The lowest BCUT2D eigenvalue weighted by Crippen LogP contribution is -2.20. The van der Waals surface area contributed by atoms with Crippen LogP contribution in [0, 0.1) is 0 Å². The van der Waals surface area contributed by atoms with Gasteiger partial charge in [0, 0.05) is 6.07 Å². The first-order valence-corrected chi connectivity index (χ1v) is 7.43. The van der Waals surface area contributed by atoms with Gasteiger partial charge in [-0.2, -0.15) is 0 Å². The summed E-state index contributed by atoms with van der Waals surface area (Å²) in [4.78, 5) is 12.5. The zero-order chi connectivity index (χ0) is 16.2. The number of benzene rings is 1. The number of azo groups is 1. The van der Waals surface area contributed by atoms with Crippen LogP contribution < -0.4 is 5.56 Å². The minimum atomic E-state index is -0.457. The van der Waals surface area contributed by atoms with E-state index in [1.54, 1.807) is 0 Å². The standard InChI is InChI=1S/C15H11BrN4O3/c16-11-8-12(17-18-13-6-7-23-19-13)15(22)20(14(11)21)9-10-4-2-1-3-5-10/h1-8,21H,9H2. The molecule has 0 aliphatic carbocycles. The summed E-state index contributed by atoms with van der Waals surface area (Å²) in [6.07, 6.45) is 1.36. The van der Waals surface area contributed by atoms with Crippen LogP contribution in [-0.4, -0.2) is 14.8 Å². The maximum absolute atomic E-state index is 12.5. The molecule has 3 rings (SSSR count). The highest BCUT2D eigenvalue weighted by Gasteiger charge is 2.13. The second-order valence-corrected chi connectivity index (χ2v) is 5.49. The third-order valence-electron chi connectivity index (χ3n) is 3.06. The van der Waals surface area contributed by atoms with Crippen molar-refractivity contribution in [3.63, 3.8) is 0 Å². The van der Waals surface area contributed by atoms with Gasteiger partial charge in [0.2, 0.25) is 11.7 Å². The van der Waals surface area contributed by atoms with Crippen molar-refractivity contribution in [3.05, 3.63) is 69.1 Å². The number of aromatic nitrogens is 2. The number of halogens is 1. The Kier molecular flexibility index (Phi) is 4.33. The molecule has 1 aromatic carbocycles. The zero-order valence-electron chi connectivity index (χ0n) is 11.8. The summed E-state index contributed by atoms with van der Waals surface area (Å²) in [5.74, 6) is 0.0856. The van der Waals surface area contributed by atoms with Gasteiger partial charge in [-0.05, 0) is 27.6 Å². The largest absolute Gasteiger partial charge is 0.494 e. The van der Waals surface area contributed by atoms with E-state index in [0.29, 0.717) is 4.47 Å². The highest BCUT2D eigenvalue weighted by atomic mass is 79.9. The smallest absolute Gasteiger partial charge is 0.281 e. The molecule has 7 nitrogen and oxygen atoms in total. The highest BCUT2D eigenvalue weighted by molar-refractivity contribution is 9.10. The van der Waals surface area contributed by atoms with Gasteiger partial charge in [0.05, 0.1) is 11.0 Å². The SMILES string of the molecule is O=c1c(N=Nc2ccon2)cc(Br)c(O)n1Cc1ccccc1. The molecule has 0 fully saturated rings. The van der Waals surface area contributed by atoms with Crippen LogP contribution in [0.1, 0.15) is 5.56 Å². The predicted octanol–water partition coefficient (Wildman–Crippen LogP) is 3.77. The Balaban J connectivity index is 2.01. The topological polar surface area (TPSA) is 93.0 Å². The molecule has 2 heterocycles. The first-order chi connectivity index (χ1) is 11.1. The third kappa shape index (κ3) is 3.37. The van der Waals surface area contributed by atoms with Crippen LogP contribution in [0.3, 0.4) is 0 Å². The lowest BCUT2D eigenvalue weighted by Gasteiger charge is -2.10. The van der Waals surface area contributed by atoms with E-state index in [1.807, 2.05) is 30.3 Å². The second-order valence-electron chi connectivity index (χ2n) is 4.64. The van der Waals surface area contributed by atoms with Crippen LogP contribution in [0.15, 0.2) is 72.7 Å². The minimum absolute atomic E-state index is 0.0774. The molecule has 0 aliphatic rings. The third-order valence-corrected chi connectivity index (χ3v) is 3.65. The van der Waals surface area contributed by atoms with Crippen molar-refractivity contribution in [1.29, 1.82) is 0 Å². The maximum atomic E-state index is 12.5. The van der Waals surface area contributed by atoms with Gasteiger partial charge in [-0.15, -0.1) is 10.2 Å². The lowest BCUT2D eigenvalue weighted by atomic mass is 10.2. The quantitative estimate of drug-likeness (QED) is 0.703. The number of hydrogen-bond acceptors (Lipinski definition) is 6. The Morgan fingerprint density at radius 3 is 2.70 bits per heavy atom. The van der Waals surface area contributed by atoms with Crippen molar-refractivity contribution in [1.82, 2.24) is 9.72 Å². The molecular weight excluding hydrogens is 364 g/mol. The highest BCUT2D eigenvalue weighted by Crippen LogP contribution is 2.26. The second kappa shape index (κ2) is 6.57. The van der Waals surface area contributed by atoms with Gasteiger partial charge >= 0.3 is 0 Å². The minimum Gasteiger partial charge on any atom is -0.494 e. The average Bonchev–Trinajstić information content (AvgIpc) is 3.08. The van der Waals surface area contributed by atoms with Gasteiger partial charge in [0.1, 0.15) is 6.26 Å². The maximum Gasteiger partial charge on any atom is 0.281 e. The van der Waals surface area contributed by atoms with Gasteiger partial charge in [-0.25, -0.2) is 0 Å². The van der Waals surface area contributed by atoms with E-state index in [-0.39, 0.29) is 23.9 Å². The van der Waals surface area contributed by atoms with E-state index in [0.717, 1.165) is 5.56 Å². The van der Waals surface area contributed by atoms with Crippen molar-refractivity contribution in [2.75, 3.05) is 0 Å². The first-order valence-electron chi connectivity index (χ1n) is 6.63. The fraction of sp³-hybridized carbons (Fsp3) is 0.0667. The average molecular weight is 375 g/mol. The summed E-state index contributed by atoms with van der Waals surface area (Å²) in [7, 11) is 0. The Hall–Kier alpha value is -2.74. The molecule has 0 aliphatic heterocycles. The van der Waals surface area contributed by atoms with E-state index >= 15 is 0 Å². The summed E-state index contributed by atoms with van der Waals surface area (Å²) in [6, 6.07) is 12.3. The van der Waals surface area contributed by atoms with Crippen LogP contribution in [0.25, 0.3) is 0 Å². The van der Waals surface area contributed by atoms with E-state index in [1.165, 1.54) is 23.0 Å². The lowest BCUT2D eigenvalue weighted by molar-refractivity contribution is 0.411. The van der Waals surface area contributed by atoms with Crippen molar-refractivity contribution in [2.24, 2.45) is 10.2 Å². The Labute approximate surface area is 139 Å². The number of nitrogens with zero attached hydrogens (tertiary/aromatic N) is 4. The van der Waals surface area contributed by atoms with Crippen LogP contribution >= 0.6 is 15.9 Å². The van der Waals surface area contributed by atoms with Gasteiger partial charge in [-0.3, -0.25) is 9.36 Å². The zero-order valence-corrected chi connectivity index (χ0v) is 13.3. The van der Waals surface area contributed by atoms with E-state index in [2.05, 4.69) is 35.8 Å².